The molecule has 25 heavy (non-hydrogen) atoms. The summed E-state index contributed by atoms with van der Waals surface area (Å²) in [5.41, 5.74) is 0.465. The van der Waals surface area contributed by atoms with Gasteiger partial charge in [-0.2, -0.15) is 0 Å². The lowest BCUT2D eigenvalue weighted by Crippen LogP contribution is -2.41. The van der Waals surface area contributed by atoms with E-state index >= 15 is 0 Å². The van der Waals surface area contributed by atoms with Gasteiger partial charge in [0.1, 0.15) is 17.1 Å². The number of ether oxygens (including phenoxy) is 2. The second-order valence-electron chi connectivity index (χ2n) is 6.20. The van der Waals surface area contributed by atoms with Crippen LogP contribution in [0.4, 0.5) is 0 Å². The highest BCUT2D eigenvalue weighted by atomic mass is 16.5. The fourth-order valence-corrected chi connectivity index (χ4v) is 2.58. The third kappa shape index (κ3) is 5.22. The number of hydrogen-bond donors (Lipinski definition) is 2. The molecule has 0 saturated carbocycles. The lowest BCUT2D eigenvalue weighted by Gasteiger charge is -2.24. The van der Waals surface area contributed by atoms with Crippen LogP contribution in [0.5, 0.6) is 11.5 Å². The molecule has 0 aromatic heterocycles. The number of methoxy groups -OCH3 is 2. The topological polar surface area (TPSA) is 67.8 Å². The number of carbonyl (C=O) groups is 1. The molecule has 0 aliphatic rings. The van der Waals surface area contributed by atoms with Gasteiger partial charge in [-0.25, -0.2) is 0 Å². The molecule has 134 valence electrons. The Bertz CT molecular complexity index is 676. The standard InChI is InChI=1S/C20H25NO4/c1-20(23,13-12-15-8-5-4-6-9-15)14-21-19(22)18-16(24-2)10-7-11-17(18)25-3/h4-11,23H,12-14H2,1-3H3,(H,21,22). The fraction of sp³-hybridized carbons (Fsp3) is 0.350. The smallest absolute Gasteiger partial charge is 0.258 e. The van der Waals surface area contributed by atoms with Crippen molar-refractivity contribution in [2.75, 3.05) is 20.8 Å². The first-order valence-electron chi connectivity index (χ1n) is 8.22. The summed E-state index contributed by atoms with van der Waals surface area (Å²) in [6, 6.07) is 15.1. The van der Waals surface area contributed by atoms with Crippen molar-refractivity contribution >= 4 is 5.91 Å². The van der Waals surface area contributed by atoms with Crippen molar-refractivity contribution in [1.82, 2.24) is 5.32 Å². The molecule has 0 fully saturated rings. The van der Waals surface area contributed by atoms with E-state index in [0.717, 1.165) is 12.0 Å². The van der Waals surface area contributed by atoms with Crippen molar-refractivity contribution in [3.63, 3.8) is 0 Å². The van der Waals surface area contributed by atoms with Crippen LogP contribution in [0.15, 0.2) is 48.5 Å². The maximum absolute atomic E-state index is 12.5. The summed E-state index contributed by atoms with van der Waals surface area (Å²) in [6.07, 6.45) is 1.28. The number of hydrogen-bond acceptors (Lipinski definition) is 4. The van der Waals surface area contributed by atoms with E-state index in [9.17, 15) is 9.90 Å². The Balaban J connectivity index is 1.99. The lowest BCUT2D eigenvalue weighted by atomic mass is 9.96. The molecule has 2 N–H and O–H groups in total. The van der Waals surface area contributed by atoms with Crippen molar-refractivity contribution in [3.05, 3.63) is 59.7 Å². The van der Waals surface area contributed by atoms with Gasteiger partial charge in [-0.05, 0) is 37.5 Å². The van der Waals surface area contributed by atoms with Gasteiger partial charge < -0.3 is 19.9 Å². The van der Waals surface area contributed by atoms with E-state index in [-0.39, 0.29) is 12.5 Å². The predicted octanol–water partition coefficient (Wildman–Crippen LogP) is 2.82. The van der Waals surface area contributed by atoms with Crippen LogP contribution in [0, 0.1) is 0 Å². The van der Waals surface area contributed by atoms with E-state index in [1.54, 1.807) is 25.1 Å². The van der Waals surface area contributed by atoms with E-state index in [1.807, 2.05) is 30.3 Å². The quantitative estimate of drug-likeness (QED) is 0.773. The molecule has 0 radical (unpaired) electrons. The van der Waals surface area contributed by atoms with Crippen molar-refractivity contribution in [2.24, 2.45) is 0 Å². The molecular weight excluding hydrogens is 318 g/mol. The zero-order valence-corrected chi connectivity index (χ0v) is 14.9. The maximum atomic E-state index is 12.5. The van der Waals surface area contributed by atoms with E-state index in [0.29, 0.717) is 23.5 Å². The second kappa shape index (κ2) is 8.53. The van der Waals surface area contributed by atoms with E-state index in [1.165, 1.54) is 14.2 Å². The van der Waals surface area contributed by atoms with Gasteiger partial charge in [-0.15, -0.1) is 0 Å². The third-order valence-electron chi connectivity index (χ3n) is 4.08. The zero-order valence-electron chi connectivity index (χ0n) is 14.9. The van der Waals surface area contributed by atoms with Crippen LogP contribution in [0.2, 0.25) is 0 Å². The van der Waals surface area contributed by atoms with Crippen LogP contribution in [0.1, 0.15) is 29.3 Å². The molecule has 0 bridgehead atoms. The largest absolute Gasteiger partial charge is 0.496 e. The number of amides is 1. The maximum Gasteiger partial charge on any atom is 0.258 e. The predicted molar refractivity (Wildman–Crippen MR) is 97.3 cm³/mol. The normalized spacial score (nSPS) is 13.0. The lowest BCUT2D eigenvalue weighted by molar-refractivity contribution is 0.0477. The molecule has 2 rings (SSSR count). The molecule has 2 aromatic rings. The Kier molecular flexibility index (Phi) is 6.42. The number of aliphatic hydroxyl groups is 1. The zero-order chi connectivity index (χ0) is 18.3. The van der Waals surface area contributed by atoms with Crippen molar-refractivity contribution in [3.8, 4) is 11.5 Å². The molecule has 0 spiro atoms. The Morgan fingerprint density at radius 1 is 1.04 bits per heavy atom. The highest BCUT2D eigenvalue weighted by Gasteiger charge is 2.24. The summed E-state index contributed by atoms with van der Waals surface area (Å²) in [5, 5.41) is 13.3. The van der Waals surface area contributed by atoms with Crippen molar-refractivity contribution in [2.45, 2.75) is 25.4 Å². The average molecular weight is 343 g/mol. The number of aryl methyl sites for hydroxylation is 1. The summed E-state index contributed by atoms with van der Waals surface area (Å²) in [7, 11) is 3.00. The van der Waals surface area contributed by atoms with Gasteiger partial charge in [-0.3, -0.25) is 4.79 Å². The average Bonchev–Trinajstić information content (AvgIpc) is 2.64. The Hall–Kier alpha value is -2.53. The molecule has 1 amide bonds. The summed E-state index contributed by atoms with van der Waals surface area (Å²) in [4.78, 5) is 12.5. The minimum Gasteiger partial charge on any atom is -0.496 e. The minimum absolute atomic E-state index is 0.139. The first-order chi connectivity index (χ1) is 12.0. The van der Waals surface area contributed by atoms with Crippen LogP contribution in [-0.2, 0) is 6.42 Å². The summed E-state index contributed by atoms with van der Waals surface area (Å²) in [5.74, 6) is 0.524. The highest BCUT2D eigenvalue weighted by molar-refractivity contribution is 5.99. The molecule has 5 heteroatoms. The SMILES string of the molecule is COc1cccc(OC)c1C(=O)NCC(C)(O)CCc1ccccc1. The molecule has 1 atom stereocenters. The van der Waals surface area contributed by atoms with Gasteiger partial charge in [0, 0.05) is 6.54 Å². The number of nitrogens with one attached hydrogen (secondary N) is 1. The first-order valence-corrected chi connectivity index (χ1v) is 8.22. The van der Waals surface area contributed by atoms with Gasteiger partial charge in [0.2, 0.25) is 0 Å². The molecule has 0 aliphatic heterocycles. The molecule has 5 nitrogen and oxygen atoms in total. The number of benzene rings is 2. The molecular formula is C20H25NO4. The third-order valence-corrected chi connectivity index (χ3v) is 4.08. The first kappa shape index (κ1) is 18.8. The summed E-state index contributed by atoms with van der Waals surface area (Å²) in [6.45, 7) is 1.86. The number of rotatable bonds is 8. The minimum atomic E-state index is -1.01. The summed E-state index contributed by atoms with van der Waals surface area (Å²) < 4.78 is 10.5. The monoisotopic (exact) mass is 343 g/mol. The molecule has 0 heterocycles. The van der Waals surface area contributed by atoms with Gasteiger partial charge in [0.05, 0.1) is 19.8 Å². The van der Waals surface area contributed by atoms with E-state index in [4.69, 9.17) is 9.47 Å². The van der Waals surface area contributed by atoms with Crippen molar-refractivity contribution in [1.29, 1.82) is 0 Å². The van der Waals surface area contributed by atoms with Crippen LogP contribution >= 0.6 is 0 Å². The Morgan fingerprint density at radius 3 is 2.20 bits per heavy atom. The Morgan fingerprint density at radius 2 is 1.64 bits per heavy atom. The van der Waals surface area contributed by atoms with Gasteiger partial charge >= 0.3 is 0 Å². The van der Waals surface area contributed by atoms with Gasteiger partial charge in [0.25, 0.3) is 5.91 Å². The van der Waals surface area contributed by atoms with Gasteiger partial charge in [-0.1, -0.05) is 36.4 Å². The van der Waals surface area contributed by atoms with Crippen LogP contribution in [-0.4, -0.2) is 37.4 Å². The fourth-order valence-electron chi connectivity index (χ4n) is 2.58. The van der Waals surface area contributed by atoms with Crippen LogP contribution < -0.4 is 14.8 Å². The van der Waals surface area contributed by atoms with Crippen LogP contribution in [0.25, 0.3) is 0 Å². The second-order valence-corrected chi connectivity index (χ2v) is 6.20. The van der Waals surface area contributed by atoms with Gasteiger partial charge in [0.15, 0.2) is 0 Å². The Labute approximate surface area is 148 Å². The summed E-state index contributed by atoms with van der Waals surface area (Å²) >= 11 is 0. The molecule has 0 saturated heterocycles. The van der Waals surface area contributed by atoms with E-state index in [2.05, 4.69) is 5.32 Å². The molecule has 2 aromatic carbocycles. The van der Waals surface area contributed by atoms with E-state index < -0.39 is 5.60 Å². The number of carbonyl (C=O) groups excluding carboxylic acids is 1. The van der Waals surface area contributed by atoms with Crippen molar-refractivity contribution < 1.29 is 19.4 Å². The molecule has 1 unspecified atom stereocenters. The molecule has 0 aliphatic carbocycles. The highest BCUT2D eigenvalue weighted by Crippen LogP contribution is 2.28. The van der Waals surface area contributed by atoms with Crippen LogP contribution in [0.3, 0.4) is 0 Å².